The predicted molar refractivity (Wildman–Crippen MR) is 62.9 cm³/mol. The first kappa shape index (κ1) is 13.2. The lowest BCUT2D eigenvalue weighted by molar-refractivity contribution is -0.274. The first-order chi connectivity index (χ1) is 8.94. The van der Waals surface area contributed by atoms with Crippen LogP contribution in [0, 0.1) is 0 Å². The molecule has 0 aliphatic heterocycles. The van der Waals surface area contributed by atoms with Gasteiger partial charge in [0.1, 0.15) is 5.75 Å². The number of hydrogen-bond acceptors (Lipinski definition) is 2. The van der Waals surface area contributed by atoms with Gasteiger partial charge in [-0.1, -0.05) is 18.2 Å². The van der Waals surface area contributed by atoms with Gasteiger partial charge in [0.05, 0.1) is 6.54 Å². The lowest BCUT2D eigenvalue weighted by Crippen LogP contribution is -2.18. The maximum Gasteiger partial charge on any atom is 0.573 e. The van der Waals surface area contributed by atoms with Gasteiger partial charge in [-0.05, 0) is 23.8 Å². The van der Waals surface area contributed by atoms with Gasteiger partial charge < -0.3 is 9.30 Å². The van der Waals surface area contributed by atoms with E-state index in [2.05, 4.69) is 4.74 Å². The Kier molecular flexibility index (Phi) is 3.59. The number of rotatable bonds is 3. The molecule has 0 saturated heterocycles. The summed E-state index contributed by atoms with van der Waals surface area (Å²) >= 11 is 0. The standard InChI is InChI=1S/C13H10F3NO2/c14-13(15,16)19-11-6-4-10(5-7-11)9-17-8-2-1-3-12(17)18/h1-8H,9H2. The van der Waals surface area contributed by atoms with Crippen LogP contribution in [0.1, 0.15) is 5.56 Å². The molecular weight excluding hydrogens is 259 g/mol. The summed E-state index contributed by atoms with van der Waals surface area (Å²) in [6.45, 7) is 0.298. The molecule has 19 heavy (non-hydrogen) atoms. The van der Waals surface area contributed by atoms with Crippen LogP contribution in [0.25, 0.3) is 0 Å². The molecule has 0 atom stereocenters. The monoisotopic (exact) mass is 269 g/mol. The summed E-state index contributed by atoms with van der Waals surface area (Å²) in [4.78, 5) is 11.5. The number of halogens is 3. The molecule has 0 spiro atoms. The minimum atomic E-state index is -4.70. The van der Waals surface area contributed by atoms with Gasteiger partial charge in [0, 0.05) is 12.3 Å². The summed E-state index contributed by atoms with van der Waals surface area (Å²) in [5.41, 5.74) is 0.543. The second kappa shape index (κ2) is 5.17. The molecule has 0 amide bonds. The van der Waals surface area contributed by atoms with Gasteiger partial charge in [0.25, 0.3) is 5.56 Å². The molecule has 0 N–H and O–H groups in total. The molecule has 2 aromatic rings. The Hall–Kier alpha value is -2.24. The number of ether oxygens (including phenoxy) is 1. The summed E-state index contributed by atoms with van der Waals surface area (Å²) in [5, 5.41) is 0. The minimum Gasteiger partial charge on any atom is -0.406 e. The maximum absolute atomic E-state index is 12.0. The van der Waals surface area contributed by atoms with Crippen LogP contribution in [0.15, 0.2) is 53.5 Å². The van der Waals surface area contributed by atoms with Crippen LogP contribution in [0.3, 0.4) is 0 Å². The molecule has 0 aliphatic rings. The fourth-order valence-corrected chi connectivity index (χ4v) is 1.58. The average Bonchev–Trinajstić information content (AvgIpc) is 2.33. The fraction of sp³-hybridized carbons (Fsp3) is 0.154. The van der Waals surface area contributed by atoms with Crippen LogP contribution in [-0.2, 0) is 6.54 Å². The van der Waals surface area contributed by atoms with Crippen LogP contribution in [-0.4, -0.2) is 10.9 Å². The van der Waals surface area contributed by atoms with Crippen molar-refractivity contribution in [2.24, 2.45) is 0 Å². The van der Waals surface area contributed by atoms with Crippen molar-refractivity contribution in [1.82, 2.24) is 4.57 Å². The van der Waals surface area contributed by atoms with Crippen LogP contribution >= 0.6 is 0 Å². The average molecular weight is 269 g/mol. The zero-order valence-electron chi connectivity index (χ0n) is 9.72. The van der Waals surface area contributed by atoms with Crippen molar-refractivity contribution in [3.63, 3.8) is 0 Å². The van der Waals surface area contributed by atoms with Crippen molar-refractivity contribution in [3.8, 4) is 5.75 Å². The fourth-order valence-electron chi connectivity index (χ4n) is 1.58. The highest BCUT2D eigenvalue weighted by molar-refractivity contribution is 5.27. The Morgan fingerprint density at radius 1 is 1.05 bits per heavy atom. The molecule has 1 aromatic carbocycles. The normalized spacial score (nSPS) is 11.3. The third kappa shape index (κ3) is 3.87. The van der Waals surface area contributed by atoms with Crippen molar-refractivity contribution < 1.29 is 17.9 Å². The molecule has 0 saturated carbocycles. The topological polar surface area (TPSA) is 31.2 Å². The first-order valence-corrected chi connectivity index (χ1v) is 5.44. The van der Waals surface area contributed by atoms with E-state index in [-0.39, 0.29) is 11.3 Å². The van der Waals surface area contributed by atoms with E-state index in [1.165, 1.54) is 34.9 Å². The van der Waals surface area contributed by atoms with E-state index in [4.69, 9.17) is 0 Å². The van der Waals surface area contributed by atoms with Crippen LogP contribution < -0.4 is 10.3 Å². The van der Waals surface area contributed by atoms with E-state index in [0.717, 1.165) is 0 Å². The lowest BCUT2D eigenvalue weighted by Gasteiger charge is -2.09. The Labute approximate surface area is 106 Å². The molecule has 0 bridgehead atoms. The number of hydrogen-bond donors (Lipinski definition) is 0. The number of benzene rings is 1. The summed E-state index contributed by atoms with van der Waals surface area (Å²) in [6.07, 6.45) is -3.08. The van der Waals surface area contributed by atoms with E-state index in [1.807, 2.05) is 0 Å². The highest BCUT2D eigenvalue weighted by Crippen LogP contribution is 2.22. The Morgan fingerprint density at radius 3 is 2.32 bits per heavy atom. The molecule has 0 unspecified atom stereocenters. The van der Waals surface area contributed by atoms with Crippen molar-refractivity contribution in [1.29, 1.82) is 0 Å². The van der Waals surface area contributed by atoms with Crippen LogP contribution in [0.4, 0.5) is 13.2 Å². The summed E-state index contributed by atoms with van der Waals surface area (Å²) < 4.78 is 41.1. The first-order valence-electron chi connectivity index (χ1n) is 5.44. The third-order valence-corrected chi connectivity index (χ3v) is 2.41. The molecule has 3 nitrogen and oxygen atoms in total. The third-order valence-electron chi connectivity index (χ3n) is 2.41. The molecule has 0 radical (unpaired) electrons. The Balaban J connectivity index is 2.11. The summed E-state index contributed by atoms with van der Waals surface area (Å²) in [7, 11) is 0. The molecule has 1 aromatic heterocycles. The number of pyridine rings is 1. The quantitative estimate of drug-likeness (QED) is 0.858. The Morgan fingerprint density at radius 2 is 1.74 bits per heavy atom. The van der Waals surface area contributed by atoms with E-state index >= 15 is 0 Å². The molecule has 0 aliphatic carbocycles. The molecular formula is C13H10F3NO2. The van der Waals surface area contributed by atoms with Gasteiger partial charge in [0.15, 0.2) is 0 Å². The largest absolute Gasteiger partial charge is 0.573 e. The lowest BCUT2D eigenvalue weighted by atomic mass is 10.2. The smallest absolute Gasteiger partial charge is 0.406 e. The number of nitrogens with zero attached hydrogens (tertiary/aromatic N) is 1. The van der Waals surface area contributed by atoms with E-state index < -0.39 is 6.36 Å². The minimum absolute atomic E-state index is 0.168. The zero-order chi connectivity index (χ0) is 13.9. The highest BCUT2D eigenvalue weighted by Gasteiger charge is 2.30. The molecule has 1 heterocycles. The number of aromatic nitrogens is 1. The molecule has 2 rings (SSSR count). The van der Waals surface area contributed by atoms with Crippen LogP contribution in [0.2, 0.25) is 0 Å². The van der Waals surface area contributed by atoms with Crippen molar-refractivity contribution in [2.75, 3.05) is 0 Å². The molecule has 0 fully saturated rings. The van der Waals surface area contributed by atoms with Gasteiger partial charge in [-0.15, -0.1) is 13.2 Å². The van der Waals surface area contributed by atoms with E-state index in [9.17, 15) is 18.0 Å². The molecule has 6 heteroatoms. The van der Waals surface area contributed by atoms with E-state index in [1.54, 1.807) is 18.3 Å². The molecule has 100 valence electrons. The van der Waals surface area contributed by atoms with Crippen molar-refractivity contribution >= 4 is 0 Å². The van der Waals surface area contributed by atoms with Crippen molar-refractivity contribution in [2.45, 2.75) is 12.9 Å². The summed E-state index contributed by atoms with van der Waals surface area (Å²) in [5.74, 6) is -0.281. The summed E-state index contributed by atoms with van der Waals surface area (Å²) in [6, 6.07) is 10.2. The number of alkyl halides is 3. The van der Waals surface area contributed by atoms with E-state index in [0.29, 0.717) is 12.1 Å². The second-order valence-electron chi connectivity index (χ2n) is 3.86. The SMILES string of the molecule is O=c1ccccn1Cc1ccc(OC(F)(F)F)cc1. The predicted octanol–water partition coefficient (Wildman–Crippen LogP) is 2.80. The Bertz CT molecular complexity index is 602. The maximum atomic E-state index is 12.0. The van der Waals surface area contributed by atoms with Gasteiger partial charge in [-0.2, -0.15) is 0 Å². The van der Waals surface area contributed by atoms with Gasteiger partial charge in [-0.3, -0.25) is 4.79 Å². The zero-order valence-corrected chi connectivity index (χ0v) is 9.72. The highest BCUT2D eigenvalue weighted by atomic mass is 19.4. The van der Waals surface area contributed by atoms with Gasteiger partial charge in [-0.25, -0.2) is 0 Å². The second-order valence-corrected chi connectivity index (χ2v) is 3.86. The van der Waals surface area contributed by atoms with Gasteiger partial charge in [0.2, 0.25) is 0 Å². The van der Waals surface area contributed by atoms with Crippen molar-refractivity contribution in [3.05, 3.63) is 64.6 Å². The van der Waals surface area contributed by atoms with Crippen LogP contribution in [0.5, 0.6) is 5.75 Å². The van der Waals surface area contributed by atoms with Gasteiger partial charge >= 0.3 is 6.36 Å².